The highest BCUT2D eigenvalue weighted by atomic mass is 79.9. The second-order valence-corrected chi connectivity index (χ2v) is 6.67. The van der Waals surface area contributed by atoms with Crippen molar-refractivity contribution in [2.45, 2.75) is 19.3 Å². The molecule has 1 aromatic heterocycles. The summed E-state index contributed by atoms with van der Waals surface area (Å²) in [4.78, 5) is 23.7. The van der Waals surface area contributed by atoms with Crippen LogP contribution in [0.1, 0.15) is 41.1 Å². The summed E-state index contributed by atoms with van der Waals surface area (Å²) in [5, 5.41) is 0. The molecule has 1 heterocycles. The first-order valence-electron chi connectivity index (χ1n) is 7.67. The molecular formula is C18H17BrN2O3. The predicted molar refractivity (Wildman–Crippen MR) is 94.0 cm³/mol. The summed E-state index contributed by atoms with van der Waals surface area (Å²) in [6.45, 7) is 2.18. The van der Waals surface area contributed by atoms with E-state index in [1.807, 2.05) is 18.2 Å². The quantitative estimate of drug-likeness (QED) is 0.620. The van der Waals surface area contributed by atoms with Gasteiger partial charge in [0.2, 0.25) is 0 Å². The fourth-order valence-corrected chi connectivity index (χ4v) is 2.87. The lowest BCUT2D eigenvalue weighted by Crippen LogP contribution is -2.40. The molecule has 24 heavy (non-hydrogen) atoms. The summed E-state index contributed by atoms with van der Waals surface area (Å²) in [7, 11) is 0. The third-order valence-electron chi connectivity index (χ3n) is 3.94. The summed E-state index contributed by atoms with van der Waals surface area (Å²) in [6, 6.07) is 10.7. The highest BCUT2D eigenvalue weighted by Crippen LogP contribution is 2.47. The molecule has 6 heteroatoms. The van der Waals surface area contributed by atoms with Crippen LogP contribution in [-0.4, -0.2) is 11.8 Å². The Morgan fingerprint density at radius 3 is 2.67 bits per heavy atom. The molecule has 0 radical (unpaired) electrons. The van der Waals surface area contributed by atoms with Crippen LogP contribution in [0.15, 0.2) is 51.4 Å². The van der Waals surface area contributed by atoms with Crippen molar-refractivity contribution in [2.24, 2.45) is 5.92 Å². The molecule has 0 bridgehead atoms. The van der Waals surface area contributed by atoms with Crippen LogP contribution in [0.25, 0.3) is 6.08 Å². The van der Waals surface area contributed by atoms with Crippen molar-refractivity contribution in [1.82, 2.24) is 10.9 Å². The number of halogens is 1. The van der Waals surface area contributed by atoms with Crippen molar-refractivity contribution in [2.75, 3.05) is 0 Å². The van der Waals surface area contributed by atoms with Crippen LogP contribution >= 0.6 is 15.9 Å². The minimum Gasteiger partial charge on any atom is -0.461 e. The first kappa shape index (κ1) is 16.5. The largest absolute Gasteiger partial charge is 0.461 e. The molecule has 2 aromatic rings. The number of hydrazine groups is 1. The van der Waals surface area contributed by atoms with Crippen LogP contribution in [-0.2, 0) is 4.79 Å². The molecule has 0 saturated heterocycles. The summed E-state index contributed by atoms with van der Waals surface area (Å²) in [5.41, 5.74) is 5.15. The van der Waals surface area contributed by atoms with E-state index >= 15 is 0 Å². The summed E-state index contributed by atoms with van der Waals surface area (Å²) >= 11 is 3.29. The van der Waals surface area contributed by atoms with Crippen molar-refractivity contribution in [3.8, 4) is 0 Å². The van der Waals surface area contributed by atoms with Crippen molar-refractivity contribution >= 4 is 33.8 Å². The van der Waals surface area contributed by atoms with Gasteiger partial charge in [0, 0.05) is 16.5 Å². The van der Waals surface area contributed by atoms with E-state index in [2.05, 4.69) is 33.7 Å². The molecule has 124 valence electrons. The van der Waals surface area contributed by atoms with Gasteiger partial charge in [-0.3, -0.25) is 20.4 Å². The zero-order valence-electron chi connectivity index (χ0n) is 13.1. The maximum Gasteiger partial charge on any atom is 0.270 e. The molecule has 2 N–H and O–H groups in total. The van der Waals surface area contributed by atoms with Crippen LogP contribution in [0, 0.1) is 5.92 Å². The second-order valence-electron chi connectivity index (χ2n) is 5.82. The molecule has 1 aromatic carbocycles. The van der Waals surface area contributed by atoms with E-state index in [0.717, 1.165) is 12.2 Å². The van der Waals surface area contributed by atoms with Gasteiger partial charge in [-0.25, -0.2) is 0 Å². The molecule has 1 aliphatic rings. The van der Waals surface area contributed by atoms with E-state index in [9.17, 15) is 9.59 Å². The molecule has 0 spiro atoms. The van der Waals surface area contributed by atoms with E-state index in [4.69, 9.17) is 4.42 Å². The number of furan rings is 1. The van der Waals surface area contributed by atoms with Gasteiger partial charge in [-0.15, -0.1) is 0 Å². The zero-order chi connectivity index (χ0) is 17.1. The number of amides is 2. The molecule has 3 rings (SSSR count). The minimum absolute atomic E-state index is 0.396. The third kappa shape index (κ3) is 3.94. The molecule has 1 aliphatic carbocycles. The first-order valence-corrected chi connectivity index (χ1v) is 8.46. The Kier molecular flexibility index (Phi) is 4.85. The Bertz CT molecular complexity index is 797. The van der Waals surface area contributed by atoms with Crippen molar-refractivity contribution in [3.63, 3.8) is 0 Å². The number of hydrogen-bond acceptors (Lipinski definition) is 3. The average Bonchev–Trinajstić information content (AvgIpc) is 3.11. The van der Waals surface area contributed by atoms with Gasteiger partial charge < -0.3 is 4.42 Å². The van der Waals surface area contributed by atoms with Crippen LogP contribution in [0.5, 0.6) is 0 Å². The van der Waals surface area contributed by atoms with Crippen LogP contribution < -0.4 is 10.9 Å². The zero-order valence-corrected chi connectivity index (χ0v) is 14.7. The van der Waals surface area contributed by atoms with E-state index in [1.54, 1.807) is 24.3 Å². The van der Waals surface area contributed by atoms with Gasteiger partial charge in [0.15, 0.2) is 0 Å². The van der Waals surface area contributed by atoms with Crippen molar-refractivity contribution in [1.29, 1.82) is 0 Å². The normalized spacial score (nSPS) is 19.2. The topological polar surface area (TPSA) is 71.3 Å². The summed E-state index contributed by atoms with van der Waals surface area (Å²) in [6.07, 6.45) is 4.05. The smallest absolute Gasteiger partial charge is 0.270 e. The molecular weight excluding hydrogens is 372 g/mol. The van der Waals surface area contributed by atoms with Gasteiger partial charge in [-0.1, -0.05) is 19.1 Å². The lowest BCUT2D eigenvalue weighted by Gasteiger charge is -2.06. The van der Waals surface area contributed by atoms with E-state index in [1.165, 1.54) is 6.08 Å². The molecule has 2 amide bonds. The highest BCUT2D eigenvalue weighted by Gasteiger charge is 2.36. The average molecular weight is 389 g/mol. The highest BCUT2D eigenvalue weighted by molar-refractivity contribution is 9.10. The molecule has 0 aliphatic heterocycles. The van der Waals surface area contributed by atoms with Gasteiger partial charge >= 0.3 is 0 Å². The molecule has 1 saturated carbocycles. The van der Waals surface area contributed by atoms with Gasteiger partial charge in [-0.2, -0.15) is 0 Å². The number of benzene rings is 1. The lowest BCUT2D eigenvalue weighted by atomic mass is 10.2. The third-order valence-corrected chi connectivity index (χ3v) is 4.63. The molecule has 2 atom stereocenters. The van der Waals surface area contributed by atoms with Gasteiger partial charge in [-0.05, 0) is 58.6 Å². The lowest BCUT2D eigenvalue weighted by molar-refractivity contribution is -0.117. The Labute approximate surface area is 148 Å². The van der Waals surface area contributed by atoms with E-state index in [0.29, 0.717) is 27.6 Å². The monoisotopic (exact) mass is 388 g/mol. The van der Waals surface area contributed by atoms with Crippen molar-refractivity contribution in [3.05, 3.63) is 64.0 Å². The van der Waals surface area contributed by atoms with Crippen LogP contribution in [0.2, 0.25) is 0 Å². The van der Waals surface area contributed by atoms with Gasteiger partial charge in [0.25, 0.3) is 11.8 Å². The van der Waals surface area contributed by atoms with Gasteiger partial charge in [0.1, 0.15) is 11.5 Å². The minimum atomic E-state index is -0.437. The number of carbonyl (C=O) groups excluding carboxylic acids is 2. The van der Waals surface area contributed by atoms with E-state index in [-0.39, 0.29) is 0 Å². The standard InChI is InChI=1S/C18H17BrN2O3/c1-11-10-14(11)16-8-6-12(24-16)7-9-17(22)20-21-18(23)13-4-2-3-5-15(13)19/h2-9,11,14H,10H2,1H3,(H,20,22)(H,21,23)/b9-7+. The Morgan fingerprint density at radius 2 is 1.96 bits per heavy atom. The second kappa shape index (κ2) is 7.05. The number of rotatable bonds is 4. The van der Waals surface area contributed by atoms with Gasteiger partial charge in [0.05, 0.1) is 5.56 Å². The summed E-state index contributed by atoms with van der Waals surface area (Å²) < 4.78 is 6.34. The molecule has 1 fully saturated rings. The predicted octanol–water partition coefficient (Wildman–Crippen LogP) is 3.64. The van der Waals surface area contributed by atoms with Crippen molar-refractivity contribution < 1.29 is 14.0 Å². The Balaban J connectivity index is 1.51. The number of nitrogens with one attached hydrogen (secondary N) is 2. The number of carbonyl (C=O) groups is 2. The maximum atomic E-state index is 12.0. The molecule has 5 nitrogen and oxygen atoms in total. The van der Waals surface area contributed by atoms with E-state index < -0.39 is 11.8 Å². The fourth-order valence-electron chi connectivity index (χ4n) is 2.41. The summed E-state index contributed by atoms with van der Waals surface area (Å²) in [5.74, 6) is 1.93. The first-order chi connectivity index (χ1) is 11.5. The maximum absolute atomic E-state index is 12.0. The van der Waals surface area contributed by atoms with Crippen LogP contribution in [0.3, 0.4) is 0 Å². The SMILES string of the molecule is CC1CC1c1ccc(/C=C/C(=O)NNC(=O)c2ccccc2Br)o1. The Hall–Kier alpha value is -2.34. The fraction of sp³-hybridized carbons (Fsp3) is 0.222. The number of hydrogen-bond donors (Lipinski definition) is 2. The Morgan fingerprint density at radius 1 is 1.21 bits per heavy atom. The molecule has 2 unspecified atom stereocenters. The van der Waals surface area contributed by atoms with Crippen LogP contribution in [0.4, 0.5) is 0 Å².